The second-order valence-corrected chi connectivity index (χ2v) is 8.38. The molecule has 0 radical (unpaired) electrons. The maximum atomic E-state index is 12.5. The lowest BCUT2D eigenvalue weighted by molar-refractivity contribution is -0.138. The average Bonchev–Trinajstić information content (AvgIpc) is 2.51. The molecule has 0 atom stereocenters. The van der Waals surface area contributed by atoms with Crippen LogP contribution in [0.5, 0.6) is 0 Å². The van der Waals surface area contributed by atoms with E-state index >= 15 is 0 Å². The van der Waals surface area contributed by atoms with Gasteiger partial charge >= 0.3 is 5.97 Å². The molecule has 1 amide bonds. The maximum Gasteiger partial charge on any atom is 0.305 e. The van der Waals surface area contributed by atoms with Crippen molar-refractivity contribution in [1.82, 2.24) is 4.90 Å². The molecule has 0 fully saturated rings. The van der Waals surface area contributed by atoms with Crippen molar-refractivity contribution in [3.05, 3.63) is 29.8 Å². The third kappa shape index (κ3) is 6.31. The van der Waals surface area contributed by atoms with Gasteiger partial charge in [-0.3, -0.25) is 9.59 Å². The van der Waals surface area contributed by atoms with Gasteiger partial charge in [0, 0.05) is 13.1 Å². The number of carboxylic acid groups (broad SMARTS) is 1. The molecule has 0 saturated carbocycles. The van der Waals surface area contributed by atoms with Crippen LogP contribution in [0.3, 0.4) is 0 Å². The normalized spacial score (nSPS) is 11.5. The molecule has 1 rings (SSSR count). The number of sulfone groups is 1. The van der Waals surface area contributed by atoms with Gasteiger partial charge in [0.25, 0.3) is 0 Å². The third-order valence-corrected chi connectivity index (χ3v) is 5.26. The smallest absolute Gasteiger partial charge is 0.305 e. The fraction of sp³-hybridized carbons (Fsp3) is 0.529. The van der Waals surface area contributed by atoms with Gasteiger partial charge in [0.1, 0.15) is 0 Å². The minimum atomic E-state index is -3.32. The molecule has 0 aromatic heterocycles. The van der Waals surface area contributed by atoms with Crippen LogP contribution in [0, 0.1) is 5.92 Å². The highest BCUT2D eigenvalue weighted by Gasteiger charge is 2.18. The van der Waals surface area contributed by atoms with Gasteiger partial charge in [0.05, 0.1) is 23.5 Å². The summed E-state index contributed by atoms with van der Waals surface area (Å²) in [4.78, 5) is 25.0. The van der Waals surface area contributed by atoms with Gasteiger partial charge < -0.3 is 10.0 Å². The molecule has 0 bridgehead atoms. The zero-order chi connectivity index (χ0) is 18.3. The second kappa shape index (κ2) is 8.82. The van der Waals surface area contributed by atoms with E-state index in [9.17, 15) is 18.0 Å². The van der Waals surface area contributed by atoms with Crippen molar-refractivity contribution in [2.75, 3.05) is 18.8 Å². The molecular weight excluding hydrogens is 330 g/mol. The summed E-state index contributed by atoms with van der Waals surface area (Å²) in [5.41, 5.74) is 0.610. The number of aliphatic carboxylic acids is 1. The zero-order valence-electron chi connectivity index (χ0n) is 14.4. The summed E-state index contributed by atoms with van der Waals surface area (Å²) in [6.45, 7) is 6.10. The molecule has 0 saturated heterocycles. The average molecular weight is 355 g/mol. The number of benzene rings is 1. The van der Waals surface area contributed by atoms with E-state index in [1.165, 1.54) is 17.0 Å². The van der Waals surface area contributed by atoms with Crippen LogP contribution in [0.15, 0.2) is 29.2 Å². The summed E-state index contributed by atoms with van der Waals surface area (Å²) >= 11 is 0. The Hall–Kier alpha value is -1.89. The fourth-order valence-electron chi connectivity index (χ4n) is 2.29. The van der Waals surface area contributed by atoms with E-state index in [4.69, 9.17) is 5.11 Å². The Morgan fingerprint density at radius 3 is 2.46 bits per heavy atom. The number of carbonyl (C=O) groups is 2. The predicted octanol–water partition coefficient (Wildman–Crippen LogP) is 1.98. The molecular formula is C17H25NO5S. The van der Waals surface area contributed by atoms with Gasteiger partial charge in [0.2, 0.25) is 5.91 Å². The Balaban J connectivity index is 2.90. The Labute approximate surface area is 143 Å². The molecule has 1 aromatic carbocycles. The van der Waals surface area contributed by atoms with Crippen LogP contribution < -0.4 is 0 Å². The van der Waals surface area contributed by atoms with Crippen LogP contribution in [-0.2, 0) is 25.8 Å². The molecule has 0 spiro atoms. The summed E-state index contributed by atoms with van der Waals surface area (Å²) in [7, 11) is -3.32. The lowest BCUT2D eigenvalue weighted by atomic mass is 10.1. The number of hydrogen-bond donors (Lipinski definition) is 1. The predicted molar refractivity (Wildman–Crippen MR) is 91.5 cm³/mol. The van der Waals surface area contributed by atoms with Crippen LogP contribution in [0.2, 0.25) is 0 Å². The molecule has 0 aliphatic rings. The maximum absolute atomic E-state index is 12.5. The number of carbonyl (C=O) groups excluding carboxylic acids is 1. The SMILES string of the molecule is CCS(=O)(=O)c1cccc(CC(=O)N(CCC(=O)O)CC(C)C)c1. The van der Waals surface area contributed by atoms with Crippen molar-refractivity contribution in [2.45, 2.75) is 38.5 Å². The van der Waals surface area contributed by atoms with Crippen LogP contribution in [0.25, 0.3) is 0 Å². The molecule has 1 aromatic rings. The monoisotopic (exact) mass is 355 g/mol. The summed E-state index contributed by atoms with van der Waals surface area (Å²) < 4.78 is 23.9. The van der Waals surface area contributed by atoms with Gasteiger partial charge in [-0.25, -0.2) is 8.42 Å². The molecule has 7 heteroatoms. The molecule has 0 heterocycles. The van der Waals surface area contributed by atoms with E-state index in [-0.39, 0.29) is 41.9 Å². The van der Waals surface area contributed by atoms with Crippen LogP contribution >= 0.6 is 0 Å². The summed E-state index contributed by atoms with van der Waals surface area (Å²) in [6.07, 6.45) is -0.0534. The first kappa shape index (κ1) is 20.2. The Bertz CT molecular complexity index is 682. The van der Waals surface area contributed by atoms with Gasteiger partial charge in [-0.05, 0) is 23.6 Å². The summed E-state index contributed by atoms with van der Waals surface area (Å²) in [6, 6.07) is 6.36. The van der Waals surface area contributed by atoms with Crippen molar-refractivity contribution < 1.29 is 23.1 Å². The molecule has 6 nitrogen and oxygen atoms in total. The highest BCUT2D eigenvalue weighted by molar-refractivity contribution is 7.91. The third-order valence-electron chi connectivity index (χ3n) is 3.53. The summed E-state index contributed by atoms with van der Waals surface area (Å²) in [5, 5.41) is 8.82. The standard InChI is InChI=1S/C17H25NO5S/c1-4-24(22,23)15-7-5-6-14(10-15)11-16(19)18(12-13(2)3)9-8-17(20)21/h5-7,10,13H,4,8-9,11-12H2,1-3H3,(H,20,21). The summed E-state index contributed by atoms with van der Waals surface area (Å²) in [5.74, 6) is -0.930. The molecule has 134 valence electrons. The minimum absolute atomic E-state index is 0.00247. The van der Waals surface area contributed by atoms with Gasteiger partial charge in [-0.1, -0.05) is 32.9 Å². The van der Waals surface area contributed by atoms with Crippen molar-refractivity contribution >= 4 is 21.7 Å². The number of amides is 1. The van der Waals surface area contributed by atoms with Gasteiger partial charge in [-0.2, -0.15) is 0 Å². The number of carboxylic acids is 1. The van der Waals surface area contributed by atoms with Crippen molar-refractivity contribution in [3.8, 4) is 0 Å². The molecule has 0 unspecified atom stereocenters. The van der Waals surface area contributed by atoms with E-state index in [0.717, 1.165) is 0 Å². The number of hydrogen-bond acceptors (Lipinski definition) is 4. The first-order valence-corrected chi connectivity index (χ1v) is 9.62. The second-order valence-electron chi connectivity index (χ2n) is 6.10. The zero-order valence-corrected chi connectivity index (χ0v) is 15.2. The lowest BCUT2D eigenvalue weighted by Crippen LogP contribution is -2.37. The number of nitrogens with zero attached hydrogens (tertiary/aromatic N) is 1. The Kier molecular flexibility index (Phi) is 7.41. The Morgan fingerprint density at radius 2 is 1.92 bits per heavy atom. The molecule has 0 aliphatic heterocycles. The first-order chi connectivity index (χ1) is 11.2. The number of rotatable bonds is 9. The van der Waals surface area contributed by atoms with Gasteiger partial charge in [0.15, 0.2) is 9.84 Å². The minimum Gasteiger partial charge on any atom is -0.481 e. The van der Waals surface area contributed by atoms with E-state index in [1.54, 1.807) is 19.1 Å². The molecule has 24 heavy (non-hydrogen) atoms. The van der Waals surface area contributed by atoms with Crippen molar-refractivity contribution in [1.29, 1.82) is 0 Å². The van der Waals surface area contributed by atoms with Crippen molar-refractivity contribution in [3.63, 3.8) is 0 Å². The van der Waals surface area contributed by atoms with E-state index in [2.05, 4.69) is 0 Å². The Morgan fingerprint density at radius 1 is 1.25 bits per heavy atom. The van der Waals surface area contributed by atoms with E-state index in [0.29, 0.717) is 12.1 Å². The lowest BCUT2D eigenvalue weighted by Gasteiger charge is -2.24. The fourth-order valence-corrected chi connectivity index (χ4v) is 3.24. The highest BCUT2D eigenvalue weighted by atomic mass is 32.2. The topological polar surface area (TPSA) is 91.8 Å². The quantitative estimate of drug-likeness (QED) is 0.731. The van der Waals surface area contributed by atoms with E-state index in [1.807, 2.05) is 13.8 Å². The molecule has 0 aliphatic carbocycles. The highest BCUT2D eigenvalue weighted by Crippen LogP contribution is 2.15. The van der Waals surface area contributed by atoms with E-state index < -0.39 is 15.8 Å². The molecule has 1 N–H and O–H groups in total. The first-order valence-electron chi connectivity index (χ1n) is 7.97. The van der Waals surface area contributed by atoms with Gasteiger partial charge in [-0.15, -0.1) is 0 Å². The van der Waals surface area contributed by atoms with Crippen LogP contribution in [0.1, 0.15) is 32.8 Å². The largest absolute Gasteiger partial charge is 0.481 e. The van der Waals surface area contributed by atoms with Crippen molar-refractivity contribution in [2.24, 2.45) is 5.92 Å². The van der Waals surface area contributed by atoms with Crippen LogP contribution in [-0.4, -0.2) is 49.1 Å². The van der Waals surface area contributed by atoms with Crippen LogP contribution in [0.4, 0.5) is 0 Å².